The minimum Gasteiger partial charge on any atom is -0.370 e. The maximum atomic E-state index is 13.9. The van der Waals surface area contributed by atoms with E-state index in [4.69, 9.17) is 0 Å². The predicted molar refractivity (Wildman–Crippen MR) is 113 cm³/mol. The van der Waals surface area contributed by atoms with E-state index in [-0.39, 0.29) is 17.6 Å². The molecule has 29 heavy (non-hydrogen) atoms. The van der Waals surface area contributed by atoms with E-state index in [2.05, 4.69) is 10.2 Å². The number of carbonyl (C=O) groups excluding carboxylic acids is 2. The van der Waals surface area contributed by atoms with Crippen LogP contribution in [-0.4, -0.2) is 31.4 Å². The number of piperidine rings is 2. The second kappa shape index (κ2) is 8.64. The zero-order chi connectivity index (χ0) is 20.2. The molecule has 4 rings (SSSR count). The molecule has 5 nitrogen and oxygen atoms in total. The van der Waals surface area contributed by atoms with Gasteiger partial charge in [0.25, 0.3) is 5.91 Å². The molecule has 0 aliphatic carbocycles. The molecule has 6 heteroatoms. The number of halogens is 1. The standard InChI is InChI=1S/C23H26FN3O2/c24-18-9-12-21(26-13-3-1-4-14-26)20(16-18)25-23(29)17-7-10-19(11-8-17)27-15-5-2-6-22(27)28/h7-12,16H,1-6,13-15H2,(H,25,29). The van der Waals surface area contributed by atoms with Crippen LogP contribution in [0.25, 0.3) is 0 Å². The Morgan fingerprint density at radius 3 is 2.34 bits per heavy atom. The van der Waals surface area contributed by atoms with Gasteiger partial charge in [0, 0.05) is 37.3 Å². The Bertz CT molecular complexity index is 891. The van der Waals surface area contributed by atoms with Crippen molar-refractivity contribution >= 4 is 28.9 Å². The Morgan fingerprint density at radius 2 is 1.62 bits per heavy atom. The topological polar surface area (TPSA) is 52.7 Å². The molecule has 0 aromatic heterocycles. The number of hydrogen-bond acceptors (Lipinski definition) is 3. The molecule has 1 N–H and O–H groups in total. The molecule has 2 fully saturated rings. The van der Waals surface area contributed by atoms with Gasteiger partial charge in [0.15, 0.2) is 0 Å². The maximum Gasteiger partial charge on any atom is 0.255 e. The van der Waals surface area contributed by atoms with Crippen molar-refractivity contribution in [3.05, 3.63) is 53.8 Å². The third-order valence-corrected chi connectivity index (χ3v) is 5.67. The summed E-state index contributed by atoms with van der Waals surface area (Å²) in [6.45, 7) is 2.53. The SMILES string of the molecule is O=C(Nc1cc(F)ccc1N1CCCCC1)c1ccc(N2CCCCC2=O)cc1. The van der Waals surface area contributed by atoms with Crippen molar-refractivity contribution in [3.63, 3.8) is 0 Å². The van der Waals surface area contributed by atoms with Crippen LogP contribution < -0.4 is 15.1 Å². The molecule has 0 radical (unpaired) electrons. The Morgan fingerprint density at radius 1 is 0.897 bits per heavy atom. The first-order valence-electron chi connectivity index (χ1n) is 10.4. The van der Waals surface area contributed by atoms with Gasteiger partial charge in [-0.05, 0) is 74.6 Å². The van der Waals surface area contributed by atoms with Crippen molar-refractivity contribution in [1.29, 1.82) is 0 Å². The van der Waals surface area contributed by atoms with Gasteiger partial charge in [-0.15, -0.1) is 0 Å². The van der Waals surface area contributed by atoms with Crippen LogP contribution in [0.2, 0.25) is 0 Å². The smallest absolute Gasteiger partial charge is 0.255 e. The van der Waals surface area contributed by atoms with Crippen LogP contribution in [0.4, 0.5) is 21.5 Å². The third-order valence-electron chi connectivity index (χ3n) is 5.67. The quantitative estimate of drug-likeness (QED) is 0.824. The number of nitrogens with zero attached hydrogens (tertiary/aromatic N) is 2. The van der Waals surface area contributed by atoms with Crippen LogP contribution in [0.1, 0.15) is 48.9 Å². The average Bonchev–Trinajstić information content (AvgIpc) is 2.75. The number of anilines is 3. The summed E-state index contributed by atoms with van der Waals surface area (Å²) < 4.78 is 13.9. The summed E-state index contributed by atoms with van der Waals surface area (Å²) in [5.41, 5.74) is 2.64. The largest absolute Gasteiger partial charge is 0.370 e. The minimum atomic E-state index is -0.375. The molecule has 2 saturated heterocycles. The first-order chi connectivity index (χ1) is 14.1. The normalized spacial score (nSPS) is 17.3. The average molecular weight is 395 g/mol. The zero-order valence-corrected chi connectivity index (χ0v) is 16.5. The van der Waals surface area contributed by atoms with Crippen LogP contribution in [0.15, 0.2) is 42.5 Å². The molecule has 0 saturated carbocycles. The van der Waals surface area contributed by atoms with Gasteiger partial charge < -0.3 is 15.1 Å². The van der Waals surface area contributed by atoms with Gasteiger partial charge in [-0.25, -0.2) is 4.39 Å². The van der Waals surface area contributed by atoms with Crippen LogP contribution >= 0.6 is 0 Å². The van der Waals surface area contributed by atoms with Gasteiger partial charge in [0.05, 0.1) is 11.4 Å². The summed E-state index contributed by atoms with van der Waals surface area (Å²) in [4.78, 5) is 28.8. The summed E-state index contributed by atoms with van der Waals surface area (Å²) in [6.07, 6.45) is 5.89. The van der Waals surface area contributed by atoms with Crippen LogP contribution in [0.5, 0.6) is 0 Å². The van der Waals surface area contributed by atoms with Gasteiger partial charge in [-0.1, -0.05) is 0 Å². The van der Waals surface area contributed by atoms with Crippen LogP contribution in [-0.2, 0) is 4.79 Å². The summed E-state index contributed by atoms with van der Waals surface area (Å²) in [5.74, 6) is -0.537. The number of benzene rings is 2. The van der Waals surface area contributed by atoms with Gasteiger partial charge in [-0.3, -0.25) is 9.59 Å². The van der Waals surface area contributed by atoms with Crippen molar-refractivity contribution in [2.75, 3.05) is 34.8 Å². The number of rotatable bonds is 4. The fourth-order valence-corrected chi connectivity index (χ4v) is 4.09. The maximum absolute atomic E-state index is 13.9. The second-order valence-corrected chi connectivity index (χ2v) is 7.71. The molecule has 2 aromatic carbocycles. The monoisotopic (exact) mass is 395 g/mol. The highest BCUT2D eigenvalue weighted by Gasteiger charge is 2.20. The zero-order valence-electron chi connectivity index (χ0n) is 16.5. The fourth-order valence-electron chi connectivity index (χ4n) is 4.09. The molecule has 2 aromatic rings. The molecule has 0 atom stereocenters. The fraction of sp³-hybridized carbons (Fsp3) is 0.391. The lowest BCUT2D eigenvalue weighted by atomic mass is 10.1. The van der Waals surface area contributed by atoms with E-state index >= 15 is 0 Å². The Balaban J connectivity index is 1.50. The first kappa shape index (κ1) is 19.4. The molecule has 0 bridgehead atoms. The van der Waals surface area contributed by atoms with Crippen molar-refractivity contribution in [3.8, 4) is 0 Å². The summed E-state index contributed by atoms with van der Waals surface area (Å²) >= 11 is 0. The molecule has 0 spiro atoms. The highest BCUT2D eigenvalue weighted by atomic mass is 19.1. The van der Waals surface area contributed by atoms with E-state index in [1.165, 1.54) is 18.6 Å². The Labute approximate surface area is 170 Å². The predicted octanol–water partition coefficient (Wildman–Crippen LogP) is 4.59. The lowest BCUT2D eigenvalue weighted by Gasteiger charge is -2.30. The number of hydrogen-bond donors (Lipinski definition) is 1. The molecule has 0 unspecified atom stereocenters. The molecule has 152 valence electrons. The van der Waals surface area contributed by atoms with E-state index in [0.29, 0.717) is 24.2 Å². The third kappa shape index (κ3) is 4.42. The Kier molecular flexibility index (Phi) is 5.79. The van der Waals surface area contributed by atoms with Crippen LogP contribution in [0, 0.1) is 5.82 Å². The molecule has 2 heterocycles. The summed E-state index contributed by atoms with van der Waals surface area (Å²) in [5, 5.41) is 2.87. The lowest BCUT2D eigenvalue weighted by molar-refractivity contribution is -0.119. The molecular formula is C23H26FN3O2. The summed E-state index contributed by atoms with van der Waals surface area (Å²) in [6, 6.07) is 11.6. The number of nitrogens with one attached hydrogen (secondary N) is 1. The van der Waals surface area contributed by atoms with E-state index in [0.717, 1.165) is 50.1 Å². The molecule has 2 aliphatic heterocycles. The van der Waals surface area contributed by atoms with Gasteiger partial charge in [0.2, 0.25) is 5.91 Å². The van der Waals surface area contributed by atoms with Crippen molar-refractivity contribution in [2.24, 2.45) is 0 Å². The lowest BCUT2D eigenvalue weighted by Crippen LogP contribution is -2.35. The van der Waals surface area contributed by atoms with Crippen molar-refractivity contribution < 1.29 is 14.0 Å². The van der Waals surface area contributed by atoms with E-state index in [1.807, 2.05) is 0 Å². The summed E-state index contributed by atoms with van der Waals surface area (Å²) in [7, 11) is 0. The van der Waals surface area contributed by atoms with E-state index < -0.39 is 0 Å². The van der Waals surface area contributed by atoms with E-state index in [9.17, 15) is 14.0 Å². The Hall–Kier alpha value is -2.89. The molecule has 2 amide bonds. The second-order valence-electron chi connectivity index (χ2n) is 7.71. The van der Waals surface area contributed by atoms with E-state index in [1.54, 1.807) is 35.2 Å². The van der Waals surface area contributed by atoms with Gasteiger partial charge in [-0.2, -0.15) is 0 Å². The van der Waals surface area contributed by atoms with Crippen molar-refractivity contribution in [1.82, 2.24) is 0 Å². The first-order valence-corrected chi connectivity index (χ1v) is 10.4. The number of amides is 2. The minimum absolute atomic E-state index is 0.124. The van der Waals surface area contributed by atoms with Crippen LogP contribution in [0.3, 0.4) is 0 Å². The van der Waals surface area contributed by atoms with Gasteiger partial charge in [0.1, 0.15) is 5.82 Å². The highest BCUT2D eigenvalue weighted by molar-refractivity contribution is 6.06. The molecular weight excluding hydrogens is 369 g/mol. The number of carbonyl (C=O) groups is 2. The van der Waals surface area contributed by atoms with Gasteiger partial charge >= 0.3 is 0 Å². The molecule has 2 aliphatic rings. The highest BCUT2D eigenvalue weighted by Crippen LogP contribution is 2.30. The van der Waals surface area contributed by atoms with Crippen molar-refractivity contribution in [2.45, 2.75) is 38.5 Å².